The van der Waals surface area contributed by atoms with Crippen LogP contribution in [-0.2, 0) is 11.2 Å². The first-order chi connectivity index (χ1) is 8.74. The molecule has 3 N–H and O–H groups in total. The number of aryl methyl sites for hydroxylation is 1. The molecule has 100 valence electrons. The second-order valence-corrected chi connectivity index (χ2v) is 5.09. The van der Waals surface area contributed by atoms with Crippen molar-refractivity contribution in [1.82, 2.24) is 10.3 Å². The summed E-state index contributed by atoms with van der Waals surface area (Å²) in [4.78, 5) is 15.8. The molecule has 0 spiro atoms. The van der Waals surface area contributed by atoms with Crippen LogP contribution < -0.4 is 11.1 Å². The number of hydrogen-bond acceptors (Lipinski definition) is 4. The van der Waals surface area contributed by atoms with E-state index < -0.39 is 0 Å². The smallest absolute Gasteiger partial charge is 0.236 e. The van der Waals surface area contributed by atoms with E-state index in [1.165, 1.54) is 0 Å². The molecule has 0 bridgehead atoms. The zero-order chi connectivity index (χ0) is 13.2. The number of rotatable bonds is 8. The lowest BCUT2D eigenvalue weighted by Gasteiger charge is -2.11. The molecular weight excluding hydrogens is 246 g/mol. The van der Waals surface area contributed by atoms with Crippen LogP contribution in [0.15, 0.2) is 24.4 Å². The molecule has 1 aromatic rings. The molecule has 1 atom stereocenters. The predicted octanol–water partition coefficient (Wildman–Crippen LogP) is 1.21. The molecule has 0 aliphatic carbocycles. The van der Waals surface area contributed by atoms with Crippen LogP contribution in [-0.4, -0.2) is 35.5 Å². The van der Waals surface area contributed by atoms with Crippen LogP contribution >= 0.6 is 11.8 Å². The van der Waals surface area contributed by atoms with Gasteiger partial charge in [0.15, 0.2) is 0 Å². The van der Waals surface area contributed by atoms with Crippen molar-refractivity contribution in [2.75, 3.05) is 18.6 Å². The summed E-state index contributed by atoms with van der Waals surface area (Å²) in [6.45, 7) is 0.655. The molecule has 1 amide bonds. The Morgan fingerprint density at radius 3 is 3.06 bits per heavy atom. The molecule has 18 heavy (non-hydrogen) atoms. The molecular formula is C13H21N3OS. The molecule has 0 aliphatic heterocycles. The van der Waals surface area contributed by atoms with Gasteiger partial charge in [-0.25, -0.2) is 0 Å². The predicted molar refractivity (Wildman–Crippen MR) is 76.5 cm³/mol. The highest BCUT2D eigenvalue weighted by Gasteiger charge is 2.11. The van der Waals surface area contributed by atoms with Crippen LogP contribution in [0.25, 0.3) is 0 Å². The molecule has 1 rings (SSSR count). The minimum absolute atomic E-state index is 0.0509. The SMILES string of the molecule is CSCCC(N)C(=O)NCCCc1ccccn1. The van der Waals surface area contributed by atoms with Crippen LogP contribution in [0.1, 0.15) is 18.5 Å². The summed E-state index contributed by atoms with van der Waals surface area (Å²) < 4.78 is 0. The van der Waals surface area contributed by atoms with Crippen LogP contribution in [0.2, 0.25) is 0 Å². The van der Waals surface area contributed by atoms with Crippen LogP contribution in [0, 0.1) is 0 Å². The summed E-state index contributed by atoms with van der Waals surface area (Å²) in [5.74, 6) is 0.868. The maximum absolute atomic E-state index is 11.6. The van der Waals surface area contributed by atoms with E-state index in [4.69, 9.17) is 5.73 Å². The van der Waals surface area contributed by atoms with Gasteiger partial charge in [-0.05, 0) is 43.4 Å². The van der Waals surface area contributed by atoms with E-state index in [0.717, 1.165) is 30.7 Å². The Hall–Kier alpha value is -1.07. The number of aromatic nitrogens is 1. The molecule has 0 fully saturated rings. The Kier molecular flexibility index (Phi) is 7.44. The fourth-order valence-corrected chi connectivity index (χ4v) is 2.02. The van der Waals surface area contributed by atoms with Gasteiger partial charge in [-0.3, -0.25) is 9.78 Å². The minimum atomic E-state index is -0.382. The number of carbonyl (C=O) groups is 1. The Bertz CT molecular complexity index is 345. The van der Waals surface area contributed by atoms with Gasteiger partial charge < -0.3 is 11.1 Å². The van der Waals surface area contributed by atoms with Crippen molar-refractivity contribution in [3.63, 3.8) is 0 Å². The molecule has 0 aromatic carbocycles. The third-order valence-corrected chi connectivity index (χ3v) is 3.25. The fraction of sp³-hybridized carbons (Fsp3) is 0.538. The molecule has 1 heterocycles. The monoisotopic (exact) mass is 267 g/mol. The number of nitrogens with two attached hydrogens (primary N) is 1. The third-order valence-electron chi connectivity index (χ3n) is 2.60. The molecule has 1 unspecified atom stereocenters. The van der Waals surface area contributed by atoms with Crippen LogP contribution in [0.4, 0.5) is 0 Å². The standard InChI is InChI=1S/C13H21N3OS/c1-18-10-7-12(14)13(17)16-9-4-6-11-5-2-3-8-15-11/h2-3,5,8,12H,4,6-7,9-10,14H2,1H3,(H,16,17). The first kappa shape index (κ1) is 15.0. The molecule has 1 aromatic heterocycles. The summed E-state index contributed by atoms with van der Waals surface area (Å²) in [5, 5.41) is 2.86. The number of hydrogen-bond donors (Lipinski definition) is 2. The van der Waals surface area contributed by atoms with Crippen molar-refractivity contribution in [1.29, 1.82) is 0 Å². The zero-order valence-corrected chi connectivity index (χ0v) is 11.6. The summed E-state index contributed by atoms with van der Waals surface area (Å²) in [5.41, 5.74) is 6.81. The van der Waals surface area contributed by atoms with Crippen molar-refractivity contribution in [3.05, 3.63) is 30.1 Å². The topological polar surface area (TPSA) is 68.0 Å². The summed E-state index contributed by atoms with van der Waals surface area (Å²) in [6.07, 6.45) is 6.29. The van der Waals surface area contributed by atoms with Crippen molar-refractivity contribution in [2.24, 2.45) is 5.73 Å². The van der Waals surface area contributed by atoms with Crippen molar-refractivity contribution in [2.45, 2.75) is 25.3 Å². The van der Waals surface area contributed by atoms with Gasteiger partial charge in [0.1, 0.15) is 0 Å². The second kappa shape index (κ2) is 8.94. The Morgan fingerprint density at radius 1 is 1.56 bits per heavy atom. The minimum Gasteiger partial charge on any atom is -0.355 e. The molecule has 0 saturated carbocycles. The Labute approximate surface area is 113 Å². The van der Waals surface area contributed by atoms with E-state index in [2.05, 4.69) is 10.3 Å². The lowest BCUT2D eigenvalue weighted by atomic mass is 10.2. The summed E-state index contributed by atoms with van der Waals surface area (Å²) in [6, 6.07) is 5.48. The highest BCUT2D eigenvalue weighted by molar-refractivity contribution is 7.98. The summed E-state index contributed by atoms with van der Waals surface area (Å²) >= 11 is 1.70. The van der Waals surface area contributed by atoms with Gasteiger partial charge in [-0.15, -0.1) is 0 Å². The number of pyridine rings is 1. The van der Waals surface area contributed by atoms with Crippen LogP contribution in [0.5, 0.6) is 0 Å². The van der Waals surface area contributed by atoms with Gasteiger partial charge in [-0.1, -0.05) is 6.07 Å². The molecule has 0 aliphatic rings. The van der Waals surface area contributed by atoms with E-state index in [1.54, 1.807) is 18.0 Å². The number of nitrogens with zero attached hydrogens (tertiary/aromatic N) is 1. The lowest BCUT2D eigenvalue weighted by molar-refractivity contribution is -0.122. The number of thioether (sulfide) groups is 1. The van der Waals surface area contributed by atoms with E-state index in [1.807, 2.05) is 24.5 Å². The molecule has 5 heteroatoms. The average molecular weight is 267 g/mol. The van der Waals surface area contributed by atoms with Crippen molar-refractivity contribution >= 4 is 17.7 Å². The Morgan fingerprint density at radius 2 is 2.39 bits per heavy atom. The zero-order valence-electron chi connectivity index (χ0n) is 10.8. The summed E-state index contributed by atoms with van der Waals surface area (Å²) in [7, 11) is 0. The van der Waals surface area contributed by atoms with E-state index in [0.29, 0.717) is 6.54 Å². The number of nitrogens with one attached hydrogen (secondary N) is 1. The lowest BCUT2D eigenvalue weighted by Crippen LogP contribution is -2.41. The largest absolute Gasteiger partial charge is 0.355 e. The quantitative estimate of drug-likeness (QED) is 0.695. The van der Waals surface area contributed by atoms with Crippen molar-refractivity contribution in [3.8, 4) is 0 Å². The van der Waals surface area contributed by atoms with Crippen LogP contribution in [0.3, 0.4) is 0 Å². The van der Waals surface area contributed by atoms with Gasteiger partial charge in [0.2, 0.25) is 5.91 Å². The highest BCUT2D eigenvalue weighted by Crippen LogP contribution is 1.99. The maximum Gasteiger partial charge on any atom is 0.236 e. The Balaban J connectivity index is 2.12. The number of carbonyl (C=O) groups excluding carboxylic acids is 1. The van der Waals surface area contributed by atoms with Gasteiger partial charge in [-0.2, -0.15) is 11.8 Å². The first-order valence-electron chi connectivity index (χ1n) is 6.16. The highest BCUT2D eigenvalue weighted by atomic mass is 32.2. The van der Waals surface area contributed by atoms with Gasteiger partial charge in [0.25, 0.3) is 0 Å². The van der Waals surface area contributed by atoms with Gasteiger partial charge in [0.05, 0.1) is 6.04 Å². The van der Waals surface area contributed by atoms with Gasteiger partial charge >= 0.3 is 0 Å². The molecule has 0 saturated heterocycles. The van der Waals surface area contributed by atoms with E-state index >= 15 is 0 Å². The fourth-order valence-electron chi connectivity index (χ4n) is 1.53. The third kappa shape index (κ3) is 6.02. The van der Waals surface area contributed by atoms with Crippen molar-refractivity contribution < 1.29 is 4.79 Å². The first-order valence-corrected chi connectivity index (χ1v) is 7.55. The molecule has 4 nitrogen and oxygen atoms in total. The van der Waals surface area contributed by atoms with Gasteiger partial charge in [0, 0.05) is 18.4 Å². The molecule has 0 radical (unpaired) electrons. The maximum atomic E-state index is 11.6. The second-order valence-electron chi connectivity index (χ2n) is 4.10. The number of amides is 1. The van der Waals surface area contributed by atoms with E-state index in [9.17, 15) is 4.79 Å². The normalized spacial score (nSPS) is 12.1. The van der Waals surface area contributed by atoms with E-state index in [-0.39, 0.29) is 11.9 Å². The average Bonchev–Trinajstić information content (AvgIpc) is 2.41.